The van der Waals surface area contributed by atoms with Gasteiger partial charge in [0.25, 0.3) is 0 Å². The molecule has 5 nitrogen and oxygen atoms in total. The van der Waals surface area contributed by atoms with Crippen molar-refractivity contribution >= 4 is 11.9 Å². The average Bonchev–Trinajstić information content (AvgIpc) is 2.56. The fourth-order valence-corrected chi connectivity index (χ4v) is 3.37. The molecule has 0 amide bonds. The summed E-state index contributed by atoms with van der Waals surface area (Å²) in [6.07, 6.45) is 2.54. The predicted octanol–water partition coefficient (Wildman–Crippen LogP) is 2.14. The summed E-state index contributed by atoms with van der Waals surface area (Å²) >= 11 is 0. The van der Waals surface area contributed by atoms with Crippen LogP contribution in [0.4, 0.5) is 0 Å². The average molecular weight is 308 g/mol. The van der Waals surface area contributed by atoms with Gasteiger partial charge in [0.15, 0.2) is 0 Å². The van der Waals surface area contributed by atoms with Crippen molar-refractivity contribution in [3.05, 3.63) is 23.8 Å². The number of fused-ring (bicyclic) bond motifs is 1. The van der Waals surface area contributed by atoms with Gasteiger partial charge in [-0.3, -0.25) is 4.79 Å². The lowest BCUT2D eigenvalue weighted by Crippen LogP contribution is -2.25. The molecule has 22 heavy (non-hydrogen) atoms. The molecule has 0 radical (unpaired) electrons. The summed E-state index contributed by atoms with van der Waals surface area (Å²) in [5.74, 6) is -0.540. The van der Waals surface area contributed by atoms with Crippen molar-refractivity contribution in [3.8, 4) is 0 Å². The lowest BCUT2D eigenvalue weighted by molar-refractivity contribution is -0.146. The lowest BCUT2D eigenvalue weighted by Gasteiger charge is -2.23. The molecule has 1 fully saturated rings. The Balaban J connectivity index is 2.04. The number of ether oxygens (including phenoxy) is 2. The van der Waals surface area contributed by atoms with Crippen molar-refractivity contribution in [2.45, 2.75) is 58.3 Å². The zero-order valence-corrected chi connectivity index (χ0v) is 13.4. The van der Waals surface area contributed by atoms with E-state index in [-0.39, 0.29) is 36.0 Å². The Morgan fingerprint density at radius 1 is 1.59 bits per heavy atom. The van der Waals surface area contributed by atoms with E-state index in [9.17, 15) is 14.7 Å². The quantitative estimate of drug-likeness (QED) is 0.489. The summed E-state index contributed by atoms with van der Waals surface area (Å²) in [5, 5.41) is 10.4. The van der Waals surface area contributed by atoms with E-state index in [0.29, 0.717) is 24.8 Å². The Bertz CT molecular complexity index is 507. The van der Waals surface area contributed by atoms with Gasteiger partial charge in [0.2, 0.25) is 0 Å². The molecule has 2 aliphatic rings. The molecule has 0 aromatic rings. The van der Waals surface area contributed by atoms with Crippen LogP contribution in [0, 0.1) is 11.8 Å². The van der Waals surface area contributed by atoms with Gasteiger partial charge in [-0.2, -0.15) is 0 Å². The van der Waals surface area contributed by atoms with E-state index in [4.69, 9.17) is 9.47 Å². The summed E-state index contributed by atoms with van der Waals surface area (Å²) in [4.78, 5) is 22.5. The maximum Gasteiger partial charge on any atom is 0.334 e. The first-order chi connectivity index (χ1) is 10.3. The van der Waals surface area contributed by atoms with Crippen LogP contribution in [0.25, 0.3) is 0 Å². The number of rotatable bonds is 4. The van der Waals surface area contributed by atoms with Gasteiger partial charge in [0, 0.05) is 24.8 Å². The predicted molar refractivity (Wildman–Crippen MR) is 80.8 cm³/mol. The molecule has 1 aliphatic heterocycles. The maximum absolute atomic E-state index is 11.6. The second-order valence-corrected chi connectivity index (χ2v) is 6.32. The first-order valence-corrected chi connectivity index (χ1v) is 7.74. The number of aliphatic hydroxyl groups excluding tert-OH is 1. The molecule has 122 valence electrons. The van der Waals surface area contributed by atoms with E-state index in [2.05, 4.69) is 6.58 Å². The monoisotopic (exact) mass is 308 g/mol. The van der Waals surface area contributed by atoms with Crippen LogP contribution in [0.1, 0.15) is 40.0 Å². The molecule has 0 spiro atoms. The van der Waals surface area contributed by atoms with Crippen molar-refractivity contribution < 1.29 is 24.2 Å². The molecule has 1 saturated heterocycles. The smallest absolute Gasteiger partial charge is 0.334 e. The Morgan fingerprint density at radius 3 is 2.91 bits per heavy atom. The van der Waals surface area contributed by atoms with Crippen LogP contribution >= 0.6 is 0 Å². The lowest BCUT2D eigenvalue weighted by atomic mass is 9.89. The van der Waals surface area contributed by atoms with Crippen LogP contribution in [-0.4, -0.2) is 35.4 Å². The number of hydrogen-bond donors (Lipinski definition) is 1. The third-order valence-electron chi connectivity index (χ3n) is 4.49. The van der Waals surface area contributed by atoms with Gasteiger partial charge in [0.05, 0.1) is 6.10 Å². The van der Waals surface area contributed by atoms with E-state index in [1.54, 1.807) is 6.92 Å². The molecule has 5 heteroatoms. The molecule has 1 heterocycles. The minimum atomic E-state index is -0.660. The number of allylic oxidation sites excluding steroid dienone is 1. The summed E-state index contributed by atoms with van der Waals surface area (Å²) in [6, 6.07) is 0. The van der Waals surface area contributed by atoms with Crippen LogP contribution in [0.15, 0.2) is 23.8 Å². The Labute approximate surface area is 131 Å². The van der Waals surface area contributed by atoms with Gasteiger partial charge in [-0.05, 0) is 31.3 Å². The molecule has 0 bridgehead atoms. The summed E-state index contributed by atoms with van der Waals surface area (Å²) in [5.41, 5.74) is 1.45. The normalized spacial score (nSPS) is 30.7. The summed E-state index contributed by atoms with van der Waals surface area (Å²) in [6.45, 7) is 8.96. The molecule has 0 unspecified atom stereocenters. The highest BCUT2D eigenvalue weighted by molar-refractivity contribution is 5.90. The van der Waals surface area contributed by atoms with Crippen molar-refractivity contribution in [1.82, 2.24) is 0 Å². The van der Waals surface area contributed by atoms with E-state index in [1.165, 1.54) is 6.92 Å². The molecule has 1 N–H and O–H groups in total. The number of hydrogen-bond acceptors (Lipinski definition) is 5. The Kier molecular flexibility index (Phi) is 5.06. The zero-order chi connectivity index (χ0) is 16.4. The van der Waals surface area contributed by atoms with Crippen LogP contribution in [0.3, 0.4) is 0 Å². The van der Waals surface area contributed by atoms with Crippen LogP contribution in [0.2, 0.25) is 0 Å². The number of aliphatic hydroxyl groups is 1. The summed E-state index contributed by atoms with van der Waals surface area (Å²) < 4.78 is 10.4. The highest BCUT2D eigenvalue weighted by Gasteiger charge is 2.41. The van der Waals surface area contributed by atoms with E-state index >= 15 is 0 Å². The van der Waals surface area contributed by atoms with Gasteiger partial charge in [-0.15, -0.1) is 0 Å². The number of carbonyl (C=O) groups is 2. The van der Waals surface area contributed by atoms with Crippen LogP contribution in [-0.2, 0) is 19.1 Å². The maximum atomic E-state index is 11.6. The van der Waals surface area contributed by atoms with Crippen molar-refractivity contribution in [2.24, 2.45) is 11.8 Å². The van der Waals surface area contributed by atoms with Gasteiger partial charge < -0.3 is 14.6 Å². The highest BCUT2D eigenvalue weighted by atomic mass is 16.6. The molecule has 0 aromatic carbocycles. The molecule has 2 rings (SSSR count). The second-order valence-electron chi connectivity index (χ2n) is 6.32. The van der Waals surface area contributed by atoms with Crippen molar-refractivity contribution in [1.29, 1.82) is 0 Å². The standard InChI is InChI=1S/C17H24O5/c1-9-7-16-14(11(3)17(20)22-16)6-5-13(9)15(19)8-10(2)21-12(4)18/h5,9-10,14-16,19H,3,6-8H2,1-2,4H3/t9-,10+,14+,15-,16-/m0/s1. The fourth-order valence-electron chi connectivity index (χ4n) is 3.37. The van der Waals surface area contributed by atoms with E-state index < -0.39 is 6.10 Å². The SMILES string of the molecule is C=C1C(=O)O[C@H]2C[C@H](C)C([C@@H](O)C[C@@H](C)OC(C)=O)=CC[C@H]12. The van der Waals surface area contributed by atoms with Crippen LogP contribution in [0.5, 0.6) is 0 Å². The van der Waals surface area contributed by atoms with E-state index in [0.717, 1.165) is 5.57 Å². The van der Waals surface area contributed by atoms with E-state index in [1.807, 2.05) is 13.0 Å². The Morgan fingerprint density at radius 2 is 2.27 bits per heavy atom. The van der Waals surface area contributed by atoms with Gasteiger partial charge in [-0.1, -0.05) is 19.6 Å². The third-order valence-corrected chi connectivity index (χ3v) is 4.49. The minimum absolute atomic E-state index is 0.00513. The number of carbonyl (C=O) groups excluding carboxylic acids is 2. The molecule has 5 atom stereocenters. The van der Waals surface area contributed by atoms with Crippen LogP contribution < -0.4 is 0 Å². The topological polar surface area (TPSA) is 72.8 Å². The fraction of sp³-hybridized carbons (Fsp3) is 0.647. The van der Waals surface area contributed by atoms with Gasteiger partial charge in [0.1, 0.15) is 12.2 Å². The molecule has 0 saturated carbocycles. The molecule has 1 aliphatic carbocycles. The van der Waals surface area contributed by atoms with Gasteiger partial charge >= 0.3 is 11.9 Å². The second kappa shape index (κ2) is 6.65. The van der Waals surface area contributed by atoms with Gasteiger partial charge in [-0.25, -0.2) is 4.79 Å². The minimum Gasteiger partial charge on any atom is -0.463 e. The first-order valence-electron chi connectivity index (χ1n) is 7.74. The summed E-state index contributed by atoms with van der Waals surface area (Å²) in [7, 11) is 0. The zero-order valence-electron chi connectivity index (χ0n) is 13.4. The molecular weight excluding hydrogens is 284 g/mol. The van der Waals surface area contributed by atoms with Crippen molar-refractivity contribution in [3.63, 3.8) is 0 Å². The molecule has 0 aromatic heterocycles. The van der Waals surface area contributed by atoms with Crippen molar-refractivity contribution in [2.75, 3.05) is 0 Å². The third kappa shape index (κ3) is 3.58. The largest absolute Gasteiger partial charge is 0.463 e. The molecular formula is C17H24O5. The highest BCUT2D eigenvalue weighted by Crippen LogP contribution is 2.39. The Hall–Kier alpha value is -1.62. The number of esters is 2. The first kappa shape index (κ1) is 16.7.